The third-order valence-corrected chi connectivity index (χ3v) is 3.12. The quantitative estimate of drug-likeness (QED) is 0.731. The highest BCUT2D eigenvalue weighted by Gasteiger charge is 2.22. The van der Waals surface area contributed by atoms with Crippen LogP contribution in [-0.2, 0) is 0 Å². The van der Waals surface area contributed by atoms with Gasteiger partial charge in [-0.25, -0.2) is 8.78 Å². The summed E-state index contributed by atoms with van der Waals surface area (Å²) in [5, 5.41) is 3.06. The van der Waals surface area contributed by atoms with Crippen molar-refractivity contribution >= 4 is 11.6 Å². The van der Waals surface area contributed by atoms with Gasteiger partial charge in [-0.2, -0.15) is 0 Å². The Hall–Kier alpha value is -0.670. The van der Waals surface area contributed by atoms with Gasteiger partial charge < -0.3 is 5.32 Å². The van der Waals surface area contributed by atoms with Crippen LogP contribution in [0.4, 0.5) is 8.78 Å². The second-order valence-electron chi connectivity index (χ2n) is 3.76. The molecule has 1 heterocycles. The Balaban J connectivity index is 2.36. The zero-order chi connectivity index (χ0) is 10.8. The van der Waals surface area contributed by atoms with Gasteiger partial charge in [0.25, 0.3) is 0 Å². The fraction of sp³-hybridized carbons (Fsp3) is 0.455. The second-order valence-corrected chi connectivity index (χ2v) is 4.14. The first-order chi connectivity index (χ1) is 7.20. The van der Waals surface area contributed by atoms with Gasteiger partial charge >= 0.3 is 0 Å². The summed E-state index contributed by atoms with van der Waals surface area (Å²) in [6, 6.07) is 2.04. The minimum Gasteiger partial charge on any atom is -0.310 e. The Morgan fingerprint density at radius 2 is 1.93 bits per heavy atom. The predicted molar refractivity (Wildman–Crippen MR) is 56.0 cm³/mol. The molecule has 4 heteroatoms. The second kappa shape index (κ2) is 4.45. The lowest BCUT2D eigenvalue weighted by atomic mass is 9.97. The molecule has 1 aromatic rings. The molecule has 0 amide bonds. The molecule has 82 valence electrons. The fourth-order valence-corrected chi connectivity index (χ4v) is 2.25. The SMILES string of the molecule is Fc1ccc(F)c([C@H]2CCCCN2)c1Cl. The molecule has 2 rings (SSSR count). The van der Waals surface area contributed by atoms with E-state index in [0.717, 1.165) is 37.9 Å². The van der Waals surface area contributed by atoms with Crippen LogP contribution in [0, 0.1) is 11.6 Å². The van der Waals surface area contributed by atoms with E-state index in [1.165, 1.54) is 0 Å². The molecule has 1 nitrogen and oxygen atoms in total. The topological polar surface area (TPSA) is 12.0 Å². The van der Waals surface area contributed by atoms with Gasteiger partial charge in [0.05, 0.1) is 5.02 Å². The van der Waals surface area contributed by atoms with E-state index in [1.807, 2.05) is 0 Å². The van der Waals surface area contributed by atoms with Gasteiger partial charge in [-0.05, 0) is 31.5 Å². The van der Waals surface area contributed by atoms with Crippen molar-refractivity contribution in [3.63, 3.8) is 0 Å². The zero-order valence-corrected chi connectivity index (χ0v) is 8.95. The standard InChI is InChI=1S/C11H12ClF2N/c12-11-8(14)5-4-7(13)10(11)9-3-1-2-6-15-9/h4-5,9,15H,1-3,6H2/t9-/m1/s1. The van der Waals surface area contributed by atoms with Gasteiger partial charge in [-0.1, -0.05) is 18.0 Å². The van der Waals surface area contributed by atoms with E-state index in [2.05, 4.69) is 5.32 Å². The lowest BCUT2D eigenvalue weighted by Crippen LogP contribution is -2.28. The first-order valence-electron chi connectivity index (χ1n) is 5.07. The third-order valence-electron chi connectivity index (χ3n) is 2.74. The summed E-state index contributed by atoms with van der Waals surface area (Å²) in [4.78, 5) is 0. The van der Waals surface area contributed by atoms with Crippen LogP contribution in [-0.4, -0.2) is 6.54 Å². The lowest BCUT2D eigenvalue weighted by molar-refractivity contribution is 0.398. The molecule has 1 aliphatic rings. The zero-order valence-electron chi connectivity index (χ0n) is 8.19. The maximum absolute atomic E-state index is 13.5. The summed E-state index contributed by atoms with van der Waals surface area (Å²) in [5.41, 5.74) is 0.274. The Labute approximate surface area is 92.4 Å². The summed E-state index contributed by atoms with van der Waals surface area (Å²) in [5.74, 6) is -0.985. The Kier molecular flexibility index (Phi) is 3.22. The summed E-state index contributed by atoms with van der Waals surface area (Å²) in [6.45, 7) is 0.830. The smallest absolute Gasteiger partial charge is 0.142 e. The number of hydrogen-bond donors (Lipinski definition) is 1. The van der Waals surface area contributed by atoms with Crippen LogP contribution in [0.15, 0.2) is 12.1 Å². The molecular formula is C11H12ClF2N. The number of rotatable bonds is 1. The summed E-state index contributed by atoms with van der Waals surface area (Å²) in [7, 11) is 0. The molecule has 0 bridgehead atoms. The first-order valence-corrected chi connectivity index (χ1v) is 5.44. The molecule has 0 spiro atoms. The van der Waals surface area contributed by atoms with Gasteiger partial charge in [-0.15, -0.1) is 0 Å². The number of hydrogen-bond acceptors (Lipinski definition) is 1. The highest BCUT2D eigenvalue weighted by Crippen LogP contribution is 2.32. The number of halogens is 3. The maximum atomic E-state index is 13.5. The molecule has 0 aromatic heterocycles. The minimum absolute atomic E-state index is 0.0885. The Bertz CT molecular complexity index is 362. The Morgan fingerprint density at radius 3 is 2.60 bits per heavy atom. The molecule has 1 fully saturated rings. The third kappa shape index (κ3) is 2.13. The largest absolute Gasteiger partial charge is 0.310 e. The fourth-order valence-electron chi connectivity index (χ4n) is 1.96. The van der Waals surface area contributed by atoms with Crippen molar-refractivity contribution in [3.8, 4) is 0 Å². The van der Waals surface area contributed by atoms with Gasteiger partial charge in [0.15, 0.2) is 0 Å². The van der Waals surface area contributed by atoms with E-state index in [4.69, 9.17) is 11.6 Å². The van der Waals surface area contributed by atoms with Crippen LogP contribution < -0.4 is 5.32 Å². The molecule has 1 aliphatic heterocycles. The molecule has 1 atom stereocenters. The van der Waals surface area contributed by atoms with Crippen LogP contribution in [0.25, 0.3) is 0 Å². The normalized spacial score (nSPS) is 21.7. The Morgan fingerprint density at radius 1 is 1.20 bits per heavy atom. The van der Waals surface area contributed by atoms with Crippen molar-refractivity contribution in [1.29, 1.82) is 0 Å². The van der Waals surface area contributed by atoms with E-state index in [9.17, 15) is 8.78 Å². The summed E-state index contributed by atoms with van der Waals surface area (Å²) < 4.78 is 26.7. The van der Waals surface area contributed by atoms with E-state index in [-0.39, 0.29) is 16.6 Å². The van der Waals surface area contributed by atoms with Crippen LogP contribution in [0.5, 0.6) is 0 Å². The van der Waals surface area contributed by atoms with Crippen LogP contribution >= 0.6 is 11.6 Å². The van der Waals surface area contributed by atoms with Gasteiger partial charge in [0.2, 0.25) is 0 Å². The molecule has 1 N–H and O–H groups in total. The molecule has 0 saturated carbocycles. The minimum atomic E-state index is -0.555. The number of piperidine rings is 1. The highest BCUT2D eigenvalue weighted by atomic mass is 35.5. The van der Waals surface area contributed by atoms with E-state index < -0.39 is 11.6 Å². The van der Waals surface area contributed by atoms with Crippen LogP contribution in [0.2, 0.25) is 5.02 Å². The van der Waals surface area contributed by atoms with Gasteiger partial charge in [0.1, 0.15) is 11.6 Å². The van der Waals surface area contributed by atoms with E-state index in [0.29, 0.717) is 0 Å². The summed E-state index contributed by atoms with van der Waals surface area (Å²) >= 11 is 5.78. The van der Waals surface area contributed by atoms with Crippen LogP contribution in [0.3, 0.4) is 0 Å². The number of benzene rings is 1. The first kappa shape index (κ1) is 10.8. The van der Waals surface area contributed by atoms with Crippen molar-refractivity contribution in [1.82, 2.24) is 5.32 Å². The maximum Gasteiger partial charge on any atom is 0.142 e. The molecule has 0 radical (unpaired) electrons. The molecule has 0 aliphatic carbocycles. The average Bonchev–Trinajstić information content (AvgIpc) is 2.26. The average molecular weight is 232 g/mol. The van der Waals surface area contributed by atoms with E-state index >= 15 is 0 Å². The van der Waals surface area contributed by atoms with Crippen molar-refractivity contribution in [2.45, 2.75) is 25.3 Å². The van der Waals surface area contributed by atoms with Gasteiger partial charge in [-0.3, -0.25) is 0 Å². The molecule has 15 heavy (non-hydrogen) atoms. The van der Waals surface area contributed by atoms with Crippen LogP contribution in [0.1, 0.15) is 30.9 Å². The molecular weight excluding hydrogens is 220 g/mol. The van der Waals surface area contributed by atoms with Crippen molar-refractivity contribution < 1.29 is 8.78 Å². The monoisotopic (exact) mass is 231 g/mol. The predicted octanol–water partition coefficient (Wildman–Crippen LogP) is 3.43. The summed E-state index contributed by atoms with van der Waals surface area (Å²) in [6.07, 6.45) is 2.90. The van der Waals surface area contributed by atoms with Crippen molar-refractivity contribution in [3.05, 3.63) is 34.4 Å². The molecule has 0 unspecified atom stereocenters. The van der Waals surface area contributed by atoms with Crippen molar-refractivity contribution in [2.24, 2.45) is 0 Å². The van der Waals surface area contributed by atoms with Gasteiger partial charge in [0, 0.05) is 11.6 Å². The highest BCUT2D eigenvalue weighted by molar-refractivity contribution is 6.31. The molecule has 1 saturated heterocycles. The lowest BCUT2D eigenvalue weighted by Gasteiger charge is -2.25. The molecule has 1 aromatic carbocycles. The number of nitrogens with one attached hydrogen (secondary N) is 1. The van der Waals surface area contributed by atoms with Crippen molar-refractivity contribution in [2.75, 3.05) is 6.54 Å². The van der Waals surface area contributed by atoms with E-state index in [1.54, 1.807) is 0 Å².